The summed E-state index contributed by atoms with van der Waals surface area (Å²) in [6, 6.07) is 16.8. The van der Waals surface area contributed by atoms with Gasteiger partial charge in [0.25, 0.3) is 0 Å². The van der Waals surface area contributed by atoms with E-state index in [1.165, 1.54) is 0 Å². The van der Waals surface area contributed by atoms with Crippen LogP contribution in [-0.2, 0) is 13.2 Å². The molecule has 0 aliphatic rings. The van der Waals surface area contributed by atoms with Crippen molar-refractivity contribution in [3.05, 3.63) is 92.6 Å². The molecule has 0 atom stereocenters. The van der Waals surface area contributed by atoms with Crippen molar-refractivity contribution in [3.8, 4) is 17.2 Å². The number of aryl methyl sites for hydroxylation is 1. The summed E-state index contributed by atoms with van der Waals surface area (Å²) in [4.78, 5) is 29.2. The van der Waals surface area contributed by atoms with Gasteiger partial charge in [-0.15, -0.1) is 4.74 Å². The topological polar surface area (TPSA) is 103 Å². The van der Waals surface area contributed by atoms with Crippen molar-refractivity contribution < 1.29 is 13.7 Å². The highest BCUT2D eigenvalue weighted by Crippen LogP contribution is 2.23. The van der Waals surface area contributed by atoms with Crippen LogP contribution in [0.3, 0.4) is 0 Å². The molecule has 0 spiro atoms. The molecule has 4 aromatic rings. The Kier molecular flexibility index (Phi) is 4.67. The van der Waals surface area contributed by atoms with Crippen LogP contribution in [0.4, 0.5) is 0 Å². The second kappa shape index (κ2) is 7.43. The van der Waals surface area contributed by atoms with Gasteiger partial charge >= 0.3 is 11.4 Å². The molecule has 2 aromatic carbocycles. The van der Waals surface area contributed by atoms with E-state index in [4.69, 9.17) is 13.7 Å². The summed E-state index contributed by atoms with van der Waals surface area (Å²) < 4.78 is 17.3. The maximum Gasteiger partial charge on any atom is 0.440 e. The molecule has 2 heterocycles. The van der Waals surface area contributed by atoms with Gasteiger partial charge in [-0.2, -0.15) is 0 Å². The lowest BCUT2D eigenvalue weighted by Gasteiger charge is -2.06. The number of aromatic amines is 1. The molecule has 2 aromatic heterocycles. The summed E-state index contributed by atoms with van der Waals surface area (Å²) in [7, 11) is 0. The third-order valence-electron chi connectivity index (χ3n) is 4.14. The molecule has 0 unspecified atom stereocenters. The molecule has 8 nitrogen and oxygen atoms in total. The Balaban J connectivity index is 1.47. The van der Waals surface area contributed by atoms with Crippen molar-refractivity contribution in [2.45, 2.75) is 20.1 Å². The molecule has 1 N–H and O–H groups in total. The minimum Gasteiger partial charge on any atom is -0.487 e. The predicted octanol–water partition coefficient (Wildman–Crippen LogP) is 2.72. The van der Waals surface area contributed by atoms with Gasteiger partial charge in [0.2, 0.25) is 5.89 Å². The Hall–Kier alpha value is -3.81. The maximum atomic E-state index is 11.6. The van der Waals surface area contributed by atoms with Gasteiger partial charge < -0.3 is 13.7 Å². The molecule has 142 valence electrons. The SMILES string of the molecule is Cc1oc(-c2ccccc2)nc1COc1cccc(Cn2oc(=O)[nH]c2=O)c1. The van der Waals surface area contributed by atoms with Gasteiger partial charge in [0.05, 0.1) is 6.54 Å². The number of H-pyrrole nitrogens is 1. The fourth-order valence-electron chi connectivity index (χ4n) is 2.74. The molecule has 0 aliphatic heterocycles. The lowest BCUT2D eigenvalue weighted by molar-refractivity contribution is 0.257. The zero-order chi connectivity index (χ0) is 19.5. The molecule has 28 heavy (non-hydrogen) atoms. The Labute approximate surface area is 159 Å². The first-order valence-electron chi connectivity index (χ1n) is 8.62. The molecular formula is C20H17N3O5. The number of hydrogen-bond acceptors (Lipinski definition) is 6. The second-order valence-electron chi connectivity index (χ2n) is 6.17. The first kappa shape index (κ1) is 17.6. The normalized spacial score (nSPS) is 10.9. The predicted molar refractivity (Wildman–Crippen MR) is 100 cm³/mol. The second-order valence-corrected chi connectivity index (χ2v) is 6.17. The number of aromatic nitrogens is 3. The monoisotopic (exact) mass is 379 g/mol. The van der Waals surface area contributed by atoms with Crippen LogP contribution in [0.5, 0.6) is 5.75 Å². The largest absolute Gasteiger partial charge is 0.487 e. The van der Waals surface area contributed by atoms with Crippen molar-refractivity contribution in [1.29, 1.82) is 0 Å². The van der Waals surface area contributed by atoms with Crippen LogP contribution in [0.2, 0.25) is 0 Å². The molecule has 0 saturated carbocycles. The number of benzene rings is 2. The van der Waals surface area contributed by atoms with Crippen molar-refractivity contribution >= 4 is 0 Å². The summed E-state index contributed by atoms with van der Waals surface area (Å²) in [5.74, 6) is 1.06. The molecule has 0 aliphatic carbocycles. The number of oxazole rings is 1. The highest BCUT2D eigenvalue weighted by Gasteiger charge is 2.12. The van der Waals surface area contributed by atoms with Crippen LogP contribution >= 0.6 is 0 Å². The van der Waals surface area contributed by atoms with Gasteiger partial charge in [0, 0.05) is 5.56 Å². The first-order chi connectivity index (χ1) is 13.6. The van der Waals surface area contributed by atoms with Gasteiger partial charge in [-0.3, -0.25) is 0 Å². The number of nitrogens with zero attached hydrogens (tertiary/aromatic N) is 2. The van der Waals surface area contributed by atoms with E-state index in [9.17, 15) is 9.59 Å². The number of ether oxygens (including phenoxy) is 1. The van der Waals surface area contributed by atoms with Crippen LogP contribution in [0.25, 0.3) is 11.5 Å². The summed E-state index contributed by atoms with van der Waals surface area (Å²) >= 11 is 0. The fourth-order valence-corrected chi connectivity index (χ4v) is 2.74. The van der Waals surface area contributed by atoms with E-state index in [0.29, 0.717) is 23.1 Å². The summed E-state index contributed by atoms with van der Waals surface area (Å²) in [6.07, 6.45) is 0. The summed E-state index contributed by atoms with van der Waals surface area (Å²) in [5.41, 5.74) is 1.77. The van der Waals surface area contributed by atoms with Crippen LogP contribution < -0.4 is 16.2 Å². The molecule has 0 bridgehead atoms. The van der Waals surface area contributed by atoms with Crippen LogP contribution in [0.1, 0.15) is 17.0 Å². The van der Waals surface area contributed by atoms with E-state index < -0.39 is 11.4 Å². The van der Waals surface area contributed by atoms with E-state index in [2.05, 4.69) is 4.98 Å². The smallest absolute Gasteiger partial charge is 0.440 e. The zero-order valence-electron chi connectivity index (χ0n) is 15.0. The first-order valence-corrected chi connectivity index (χ1v) is 8.62. The average molecular weight is 379 g/mol. The van der Waals surface area contributed by atoms with Crippen LogP contribution in [-0.4, -0.2) is 14.7 Å². The van der Waals surface area contributed by atoms with Gasteiger partial charge in [-0.05, 0) is 36.8 Å². The fraction of sp³-hybridized carbons (Fsp3) is 0.150. The van der Waals surface area contributed by atoms with E-state index in [1.54, 1.807) is 24.3 Å². The Morgan fingerprint density at radius 2 is 1.93 bits per heavy atom. The van der Waals surface area contributed by atoms with E-state index in [-0.39, 0.29) is 13.2 Å². The molecule has 0 radical (unpaired) electrons. The van der Waals surface area contributed by atoms with Crippen molar-refractivity contribution in [3.63, 3.8) is 0 Å². The molecule has 4 rings (SSSR count). The van der Waals surface area contributed by atoms with Crippen LogP contribution in [0, 0.1) is 6.92 Å². The molecule has 0 fully saturated rings. The van der Waals surface area contributed by atoms with Crippen LogP contribution in [0.15, 0.2) is 73.1 Å². The van der Waals surface area contributed by atoms with Crippen molar-refractivity contribution in [2.75, 3.05) is 0 Å². The van der Waals surface area contributed by atoms with Crippen molar-refractivity contribution in [2.24, 2.45) is 0 Å². The number of nitrogens with one attached hydrogen (secondary N) is 1. The average Bonchev–Trinajstić information content (AvgIpc) is 3.22. The van der Waals surface area contributed by atoms with Gasteiger partial charge in [0.1, 0.15) is 23.8 Å². The lowest BCUT2D eigenvalue weighted by Crippen LogP contribution is -2.17. The highest BCUT2D eigenvalue weighted by atomic mass is 16.5. The molecule has 8 heteroatoms. The molecule has 0 amide bonds. The molecule has 0 saturated heterocycles. The standard InChI is InChI=1S/C20H17N3O5/c1-13-17(21-18(27-13)15-7-3-2-4-8-15)12-26-16-9-5-6-14(10-16)11-23-19(24)22-20(25)28-23/h2-10H,11-12H2,1H3,(H,22,24,25). The van der Waals surface area contributed by atoms with Gasteiger partial charge in [-0.1, -0.05) is 30.3 Å². The summed E-state index contributed by atoms with van der Waals surface area (Å²) in [6.45, 7) is 2.20. The quantitative estimate of drug-likeness (QED) is 0.552. The lowest BCUT2D eigenvalue weighted by atomic mass is 10.2. The maximum absolute atomic E-state index is 11.6. The minimum atomic E-state index is -0.784. The van der Waals surface area contributed by atoms with Gasteiger partial charge in [-0.25, -0.2) is 19.6 Å². The Bertz CT molecular complexity index is 1200. The Morgan fingerprint density at radius 3 is 2.68 bits per heavy atom. The van der Waals surface area contributed by atoms with Crippen molar-refractivity contribution in [1.82, 2.24) is 14.7 Å². The van der Waals surface area contributed by atoms with E-state index >= 15 is 0 Å². The third-order valence-corrected chi connectivity index (χ3v) is 4.14. The van der Waals surface area contributed by atoms with Gasteiger partial charge in [0.15, 0.2) is 0 Å². The van der Waals surface area contributed by atoms with E-state index in [0.717, 1.165) is 15.9 Å². The minimum absolute atomic E-state index is 0.121. The third kappa shape index (κ3) is 3.80. The Morgan fingerprint density at radius 1 is 1.11 bits per heavy atom. The number of hydrogen-bond donors (Lipinski definition) is 1. The summed E-state index contributed by atoms with van der Waals surface area (Å²) in [5, 5.41) is 0. The zero-order valence-corrected chi connectivity index (χ0v) is 15.0. The van der Waals surface area contributed by atoms with E-state index in [1.807, 2.05) is 42.2 Å². The number of rotatable bonds is 6. The highest BCUT2D eigenvalue weighted by molar-refractivity contribution is 5.53. The molecular weight excluding hydrogens is 362 g/mol.